The van der Waals surface area contributed by atoms with E-state index < -0.39 is 0 Å². The fourth-order valence-corrected chi connectivity index (χ4v) is 5.33. The first-order valence-corrected chi connectivity index (χ1v) is 11.0. The maximum Gasteiger partial charge on any atom is 0.0446 e. The van der Waals surface area contributed by atoms with Gasteiger partial charge in [-0.15, -0.1) is 12.4 Å². The summed E-state index contributed by atoms with van der Waals surface area (Å²) in [6.07, 6.45) is 7.63. The lowest BCUT2D eigenvalue weighted by molar-refractivity contribution is 0.228. The van der Waals surface area contributed by atoms with Crippen molar-refractivity contribution >= 4 is 23.7 Å². The molecule has 1 aromatic carbocycles. The molecule has 1 saturated heterocycles. The highest BCUT2D eigenvalue weighted by molar-refractivity contribution is 5.85. The molecule has 0 radical (unpaired) electrons. The van der Waals surface area contributed by atoms with Crippen LogP contribution >= 0.6 is 12.4 Å². The van der Waals surface area contributed by atoms with Crippen molar-refractivity contribution in [2.45, 2.75) is 67.2 Å². The lowest BCUT2D eigenvalue weighted by Crippen LogP contribution is -2.47. The van der Waals surface area contributed by atoms with E-state index >= 15 is 0 Å². The molecule has 2 nitrogen and oxygen atoms in total. The van der Waals surface area contributed by atoms with Crippen molar-refractivity contribution in [1.29, 1.82) is 0 Å². The molecule has 0 atom stereocenters. The van der Waals surface area contributed by atoms with Gasteiger partial charge in [0.05, 0.1) is 0 Å². The van der Waals surface area contributed by atoms with Crippen molar-refractivity contribution in [2.75, 3.05) is 37.6 Å². The Morgan fingerprint density at radius 2 is 1.68 bits per heavy atom. The molecular weight excluding hydrogens is 364 g/mol. The number of anilines is 1. The van der Waals surface area contributed by atoms with Crippen molar-refractivity contribution in [2.24, 2.45) is 10.8 Å². The second-order valence-corrected chi connectivity index (χ2v) is 10.4. The van der Waals surface area contributed by atoms with Crippen molar-refractivity contribution in [3.05, 3.63) is 35.4 Å². The number of nitrogens with zero attached hydrogens (tertiary/aromatic N) is 2. The Hall–Kier alpha value is -0.990. The van der Waals surface area contributed by atoms with Crippen LogP contribution in [0.25, 0.3) is 5.57 Å². The van der Waals surface area contributed by atoms with Crippen LogP contribution in [-0.2, 0) is 0 Å². The summed E-state index contributed by atoms with van der Waals surface area (Å²) in [5.74, 6) is 0. The van der Waals surface area contributed by atoms with Gasteiger partial charge < -0.3 is 4.90 Å². The zero-order valence-electron chi connectivity index (χ0n) is 19.0. The van der Waals surface area contributed by atoms with Crippen LogP contribution in [0.1, 0.15) is 71.4 Å². The molecule has 1 fully saturated rings. The summed E-state index contributed by atoms with van der Waals surface area (Å²) in [5.41, 5.74) is 6.51. The van der Waals surface area contributed by atoms with Gasteiger partial charge in [0, 0.05) is 37.4 Å². The molecule has 2 aliphatic rings. The first kappa shape index (κ1) is 23.3. The molecule has 0 saturated carbocycles. The summed E-state index contributed by atoms with van der Waals surface area (Å²) >= 11 is 0. The number of benzene rings is 1. The summed E-state index contributed by atoms with van der Waals surface area (Å²) in [6.45, 7) is 20.1. The molecule has 0 bridgehead atoms. The van der Waals surface area contributed by atoms with E-state index in [0.717, 1.165) is 13.1 Å². The van der Waals surface area contributed by atoms with Gasteiger partial charge in [0.2, 0.25) is 0 Å². The van der Waals surface area contributed by atoms with E-state index in [1.165, 1.54) is 62.1 Å². The molecule has 1 aliphatic heterocycles. The predicted molar refractivity (Wildman–Crippen MR) is 127 cm³/mol. The minimum absolute atomic E-state index is 0. The third-order valence-electron chi connectivity index (χ3n) is 6.21. The summed E-state index contributed by atoms with van der Waals surface area (Å²) in [4.78, 5) is 5.28. The van der Waals surface area contributed by atoms with Crippen LogP contribution in [0.3, 0.4) is 0 Å². The number of piperazine rings is 1. The van der Waals surface area contributed by atoms with Gasteiger partial charge >= 0.3 is 0 Å². The first-order chi connectivity index (χ1) is 12.7. The number of unbranched alkanes of at least 4 members (excludes halogenated alkanes) is 1. The molecule has 1 heterocycles. The number of allylic oxidation sites excluding steroid dienone is 2. The molecule has 158 valence electrons. The fraction of sp³-hybridized carbons (Fsp3) is 0.680. The van der Waals surface area contributed by atoms with Gasteiger partial charge in [-0.2, -0.15) is 0 Å². The Morgan fingerprint density at radius 3 is 2.29 bits per heavy atom. The topological polar surface area (TPSA) is 6.48 Å². The largest absolute Gasteiger partial charge is 0.368 e. The van der Waals surface area contributed by atoms with Crippen LogP contribution in [0, 0.1) is 17.8 Å². The van der Waals surface area contributed by atoms with Crippen molar-refractivity contribution in [1.82, 2.24) is 4.90 Å². The standard InChI is InChI=1S/C25H40N2.ClH/c1-7-8-11-26-12-14-27(15-13-26)23-16-20(2)9-10-22(23)21-17-24(3,4)19-25(5,6)18-21;/h9-10,16-17H,7-8,11-15,18-19H2,1-6H3;1H. The molecule has 28 heavy (non-hydrogen) atoms. The average Bonchev–Trinajstić information content (AvgIpc) is 2.57. The van der Waals surface area contributed by atoms with E-state index in [4.69, 9.17) is 0 Å². The smallest absolute Gasteiger partial charge is 0.0446 e. The zero-order valence-corrected chi connectivity index (χ0v) is 19.8. The summed E-state index contributed by atoms with van der Waals surface area (Å²) in [6, 6.07) is 7.11. The number of aryl methyl sites for hydroxylation is 1. The average molecular weight is 405 g/mol. The maximum absolute atomic E-state index is 2.64. The van der Waals surface area contributed by atoms with Crippen LogP contribution in [0.5, 0.6) is 0 Å². The third-order valence-corrected chi connectivity index (χ3v) is 6.21. The SMILES string of the molecule is CCCCN1CCN(c2cc(C)ccc2C2=CC(C)(C)CC(C)(C)C2)CC1.Cl. The number of hydrogen-bond donors (Lipinski definition) is 0. The lowest BCUT2D eigenvalue weighted by atomic mass is 9.65. The van der Waals surface area contributed by atoms with Gasteiger partial charge in [0.1, 0.15) is 0 Å². The zero-order chi connectivity index (χ0) is 19.7. The van der Waals surface area contributed by atoms with Crippen molar-refractivity contribution in [3.63, 3.8) is 0 Å². The van der Waals surface area contributed by atoms with Crippen molar-refractivity contribution in [3.8, 4) is 0 Å². The molecule has 0 N–H and O–H groups in total. The second-order valence-electron chi connectivity index (χ2n) is 10.4. The highest BCUT2D eigenvalue weighted by Gasteiger charge is 2.34. The van der Waals surface area contributed by atoms with E-state index in [9.17, 15) is 0 Å². The third kappa shape index (κ3) is 5.76. The fourth-order valence-electron chi connectivity index (χ4n) is 5.33. The molecule has 1 aromatic rings. The van der Waals surface area contributed by atoms with Crippen LogP contribution in [0.2, 0.25) is 0 Å². The van der Waals surface area contributed by atoms with Gasteiger partial charge in [-0.25, -0.2) is 0 Å². The Kier molecular flexibility index (Phi) is 7.67. The van der Waals surface area contributed by atoms with Gasteiger partial charge in [0.15, 0.2) is 0 Å². The minimum atomic E-state index is 0. The Morgan fingerprint density at radius 1 is 1.00 bits per heavy atom. The monoisotopic (exact) mass is 404 g/mol. The van der Waals surface area contributed by atoms with Crippen LogP contribution < -0.4 is 4.90 Å². The molecule has 0 amide bonds. The van der Waals surface area contributed by atoms with Gasteiger partial charge in [-0.3, -0.25) is 4.90 Å². The van der Waals surface area contributed by atoms with E-state index in [0.29, 0.717) is 5.41 Å². The maximum atomic E-state index is 2.64. The first-order valence-electron chi connectivity index (χ1n) is 11.0. The Labute approximate surface area is 179 Å². The number of halogens is 1. The quantitative estimate of drug-likeness (QED) is 0.547. The van der Waals surface area contributed by atoms with Gasteiger partial charge in [0.25, 0.3) is 0 Å². The molecule has 3 heteroatoms. The highest BCUT2D eigenvalue weighted by atomic mass is 35.5. The lowest BCUT2D eigenvalue weighted by Gasteiger charge is -2.41. The van der Waals surface area contributed by atoms with Gasteiger partial charge in [-0.05, 0) is 60.8 Å². The minimum Gasteiger partial charge on any atom is -0.368 e. The summed E-state index contributed by atoms with van der Waals surface area (Å²) < 4.78 is 0. The highest BCUT2D eigenvalue weighted by Crippen LogP contribution is 2.48. The molecule has 3 rings (SSSR count). The summed E-state index contributed by atoms with van der Waals surface area (Å²) in [7, 11) is 0. The Balaban J connectivity index is 0.00000280. The normalized spacial score (nSPS) is 21.8. The van der Waals surface area contributed by atoms with E-state index in [2.05, 4.69) is 75.6 Å². The molecule has 1 aliphatic carbocycles. The molecular formula is C25H41ClN2. The molecule has 0 aromatic heterocycles. The van der Waals surface area contributed by atoms with E-state index in [-0.39, 0.29) is 17.8 Å². The van der Waals surface area contributed by atoms with E-state index in [1.54, 1.807) is 5.57 Å². The van der Waals surface area contributed by atoms with Crippen LogP contribution in [-0.4, -0.2) is 37.6 Å². The predicted octanol–water partition coefficient (Wildman–Crippen LogP) is 6.57. The second kappa shape index (κ2) is 9.22. The van der Waals surface area contributed by atoms with Crippen LogP contribution in [0.15, 0.2) is 24.3 Å². The molecule has 0 unspecified atom stereocenters. The number of hydrogen-bond acceptors (Lipinski definition) is 2. The Bertz CT molecular complexity index is 682. The van der Waals surface area contributed by atoms with E-state index in [1.807, 2.05) is 0 Å². The van der Waals surface area contributed by atoms with Crippen LogP contribution in [0.4, 0.5) is 5.69 Å². The van der Waals surface area contributed by atoms with Gasteiger partial charge in [-0.1, -0.05) is 59.2 Å². The molecule has 0 spiro atoms. The van der Waals surface area contributed by atoms with Crippen molar-refractivity contribution < 1.29 is 0 Å². The number of rotatable bonds is 5. The summed E-state index contributed by atoms with van der Waals surface area (Å²) in [5, 5.41) is 0.